The average molecular weight is 275 g/mol. The van der Waals surface area contributed by atoms with E-state index in [0.717, 1.165) is 30.2 Å². The van der Waals surface area contributed by atoms with E-state index in [9.17, 15) is 0 Å². The molecule has 0 bridgehead atoms. The first-order valence-electron chi connectivity index (χ1n) is 7.21. The molecule has 0 aliphatic carbocycles. The monoisotopic (exact) mass is 275 g/mol. The Bertz CT molecular complexity index is 464. The molecule has 20 heavy (non-hydrogen) atoms. The van der Waals surface area contributed by atoms with Crippen LogP contribution in [-0.2, 0) is 0 Å². The summed E-state index contributed by atoms with van der Waals surface area (Å²) in [4.78, 5) is 10.9. The molecule has 0 aromatic carbocycles. The molecule has 1 rings (SSSR count). The minimum absolute atomic E-state index is 0.131. The summed E-state index contributed by atoms with van der Waals surface area (Å²) in [6, 6.07) is 2.35. The van der Waals surface area contributed by atoms with Gasteiger partial charge >= 0.3 is 0 Å². The van der Waals surface area contributed by atoms with Crippen molar-refractivity contribution in [2.24, 2.45) is 0 Å². The second kappa shape index (κ2) is 7.68. The first-order chi connectivity index (χ1) is 9.52. The van der Waals surface area contributed by atoms with Crippen LogP contribution < -0.4 is 10.2 Å². The van der Waals surface area contributed by atoms with Gasteiger partial charge in [-0.25, -0.2) is 9.97 Å². The third kappa shape index (κ3) is 3.83. The van der Waals surface area contributed by atoms with Crippen LogP contribution in [0.2, 0.25) is 0 Å². The molecule has 0 saturated heterocycles. The van der Waals surface area contributed by atoms with E-state index < -0.39 is 0 Å². The molecule has 0 fully saturated rings. The van der Waals surface area contributed by atoms with Crippen molar-refractivity contribution >= 4 is 11.6 Å². The van der Waals surface area contributed by atoms with Crippen LogP contribution in [0.5, 0.6) is 0 Å². The molecule has 5 nitrogen and oxygen atoms in total. The van der Waals surface area contributed by atoms with Crippen LogP contribution in [0.25, 0.3) is 0 Å². The standard InChI is InChI=1S/C15H25N5/c1-6-9-17-14-13(11(2)3)15(19-10-18-14)20(5)12(4)7-8-16/h10-12H,6-7,9H2,1-5H3,(H,17,18,19). The SMILES string of the molecule is CCCNc1ncnc(N(C)C(C)CC#N)c1C(C)C. The van der Waals surface area contributed by atoms with Crippen LogP contribution in [0.4, 0.5) is 11.6 Å². The zero-order valence-electron chi connectivity index (χ0n) is 13.1. The molecule has 1 heterocycles. The van der Waals surface area contributed by atoms with Crippen molar-refractivity contribution in [3.63, 3.8) is 0 Å². The third-order valence-corrected chi connectivity index (χ3v) is 3.36. The lowest BCUT2D eigenvalue weighted by Gasteiger charge is -2.28. The molecule has 1 aromatic heterocycles. The van der Waals surface area contributed by atoms with Crippen molar-refractivity contribution in [1.82, 2.24) is 9.97 Å². The molecule has 1 unspecified atom stereocenters. The van der Waals surface area contributed by atoms with Crippen LogP contribution in [0.1, 0.15) is 52.0 Å². The highest BCUT2D eigenvalue weighted by Gasteiger charge is 2.20. The number of nitrogens with one attached hydrogen (secondary N) is 1. The largest absolute Gasteiger partial charge is 0.370 e. The van der Waals surface area contributed by atoms with Gasteiger partial charge in [0.2, 0.25) is 0 Å². The Morgan fingerprint density at radius 2 is 2.05 bits per heavy atom. The van der Waals surface area contributed by atoms with Crippen molar-refractivity contribution < 1.29 is 0 Å². The summed E-state index contributed by atoms with van der Waals surface area (Å²) < 4.78 is 0. The van der Waals surface area contributed by atoms with Gasteiger partial charge in [-0.3, -0.25) is 0 Å². The lowest BCUT2D eigenvalue weighted by atomic mass is 10.0. The fraction of sp³-hybridized carbons (Fsp3) is 0.667. The summed E-state index contributed by atoms with van der Waals surface area (Å²) in [5, 5.41) is 12.2. The minimum atomic E-state index is 0.131. The molecule has 0 amide bonds. The van der Waals surface area contributed by atoms with Crippen LogP contribution in [-0.4, -0.2) is 29.6 Å². The second-order valence-electron chi connectivity index (χ2n) is 5.36. The van der Waals surface area contributed by atoms with Gasteiger partial charge in [0.25, 0.3) is 0 Å². The normalized spacial score (nSPS) is 12.1. The van der Waals surface area contributed by atoms with Crippen molar-refractivity contribution in [2.45, 2.75) is 52.5 Å². The van der Waals surface area contributed by atoms with E-state index in [1.54, 1.807) is 6.33 Å². The zero-order chi connectivity index (χ0) is 15.1. The number of anilines is 2. The lowest BCUT2D eigenvalue weighted by molar-refractivity contribution is 0.682. The predicted molar refractivity (Wildman–Crippen MR) is 83.0 cm³/mol. The van der Waals surface area contributed by atoms with E-state index in [1.807, 2.05) is 14.0 Å². The number of nitriles is 1. The van der Waals surface area contributed by atoms with Crippen LogP contribution in [0, 0.1) is 11.3 Å². The fourth-order valence-electron chi connectivity index (χ4n) is 2.06. The van der Waals surface area contributed by atoms with Gasteiger partial charge in [0.1, 0.15) is 18.0 Å². The average Bonchev–Trinajstić information content (AvgIpc) is 2.43. The van der Waals surface area contributed by atoms with Gasteiger partial charge in [-0.15, -0.1) is 0 Å². The topological polar surface area (TPSA) is 64.8 Å². The number of rotatable bonds is 7. The molecule has 0 aliphatic heterocycles. The molecule has 1 aromatic rings. The Hall–Kier alpha value is -1.83. The molecular formula is C15H25N5. The first kappa shape index (κ1) is 16.2. The highest BCUT2D eigenvalue weighted by molar-refractivity contribution is 5.60. The summed E-state index contributed by atoms with van der Waals surface area (Å²) in [5.41, 5.74) is 1.12. The molecule has 0 spiro atoms. The Morgan fingerprint density at radius 3 is 2.60 bits per heavy atom. The number of nitrogens with zero attached hydrogens (tertiary/aromatic N) is 4. The second-order valence-corrected chi connectivity index (χ2v) is 5.36. The molecule has 110 valence electrons. The smallest absolute Gasteiger partial charge is 0.137 e. The highest BCUT2D eigenvalue weighted by atomic mass is 15.2. The number of hydrogen-bond acceptors (Lipinski definition) is 5. The Kier molecular flexibility index (Phi) is 6.23. The molecule has 0 saturated carbocycles. The van der Waals surface area contributed by atoms with Crippen LogP contribution >= 0.6 is 0 Å². The maximum atomic E-state index is 8.86. The van der Waals surface area contributed by atoms with E-state index in [0.29, 0.717) is 12.3 Å². The van der Waals surface area contributed by atoms with E-state index in [2.05, 4.69) is 47.0 Å². The van der Waals surface area contributed by atoms with Gasteiger partial charge in [0.05, 0.1) is 12.5 Å². The maximum Gasteiger partial charge on any atom is 0.137 e. The van der Waals surface area contributed by atoms with E-state index in [1.165, 1.54) is 0 Å². The van der Waals surface area contributed by atoms with E-state index in [4.69, 9.17) is 5.26 Å². The van der Waals surface area contributed by atoms with Gasteiger partial charge in [0, 0.05) is 25.2 Å². The maximum absolute atomic E-state index is 8.86. The Morgan fingerprint density at radius 1 is 1.35 bits per heavy atom. The van der Waals surface area contributed by atoms with Crippen molar-refractivity contribution in [3.05, 3.63) is 11.9 Å². The van der Waals surface area contributed by atoms with Crippen molar-refractivity contribution in [3.8, 4) is 6.07 Å². The molecule has 0 aliphatic rings. The molecule has 1 atom stereocenters. The summed E-state index contributed by atoms with van der Waals surface area (Å²) in [7, 11) is 1.99. The fourth-order valence-corrected chi connectivity index (χ4v) is 2.06. The van der Waals surface area contributed by atoms with Gasteiger partial charge in [-0.05, 0) is 19.3 Å². The molecular weight excluding hydrogens is 250 g/mol. The molecule has 1 N–H and O–H groups in total. The van der Waals surface area contributed by atoms with E-state index in [-0.39, 0.29) is 6.04 Å². The summed E-state index contributed by atoms with van der Waals surface area (Å²) in [6.45, 7) is 9.34. The van der Waals surface area contributed by atoms with Crippen molar-refractivity contribution in [1.29, 1.82) is 5.26 Å². The van der Waals surface area contributed by atoms with Crippen LogP contribution in [0.3, 0.4) is 0 Å². The van der Waals surface area contributed by atoms with Gasteiger partial charge in [-0.2, -0.15) is 5.26 Å². The Balaban J connectivity index is 3.15. The predicted octanol–water partition coefficient (Wildman–Crippen LogP) is 3.16. The van der Waals surface area contributed by atoms with Gasteiger partial charge < -0.3 is 10.2 Å². The summed E-state index contributed by atoms with van der Waals surface area (Å²) in [5.74, 6) is 2.14. The number of hydrogen-bond donors (Lipinski definition) is 1. The van der Waals surface area contributed by atoms with Crippen molar-refractivity contribution in [2.75, 3.05) is 23.8 Å². The van der Waals surface area contributed by atoms with Crippen LogP contribution in [0.15, 0.2) is 6.33 Å². The molecule has 0 radical (unpaired) electrons. The van der Waals surface area contributed by atoms with Gasteiger partial charge in [0.15, 0.2) is 0 Å². The van der Waals surface area contributed by atoms with E-state index >= 15 is 0 Å². The quantitative estimate of drug-likeness (QED) is 0.828. The third-order valence-electron chi connectivity index (χ3n) is 3.36. The summed E-state index contributed by atoms with van der Waals surface area (Å²) in [6.07, 6.45) is 3.13. The minimum Gasteiger partial charge on any atom is -0.370 e. The summed E-state index contributed by atoms with van der Waals surface area (Å²) >= 11 is 0. The Labute approximate surface area is 122 Å². The lowest BCUT2D eigenvalue weighted by Crippen LogP contribution is -2.30. The first-order valence-corrected chi connectivity index (χ1v) is 7.21. The molecule has 5 heteroatoms. The number of aromatic nitrogens is 2. The van der Waals surface area contributed by atoms with Gasteiger partial charge in [-0.1, -0.05) is 20.8 Å². The highest BCUT2D eigenvalue weighted by Crippen LogP contribution is 2.31. The zero-order valence-corrected chi connectivity index (χ0v) is 13.1.